The Morgan fingerprint density at radius 2 is 1.76 bits per heavy atom. The van der Waals surface area contributed by atoms with E-state index >= 15 is 0 Å². The first-order valence-corrected chi connectivity index (χ1v) is 13.0. The number of halogens is 4. The molecule has 202 valence electrons. The maximum absolute atomic E-state index is 13.9. The molecule has 0 aromatic heterocycles. The minimum absolute atomic E-state index is 0.0347. The molecule has 2 N–H and O–H groups in total. The smallest absolute Gasteiger partial charge is 0.416 e. The summed E-state index contributed by atoms with van der Waals surface area (Å²) in [6, 6.07) is 3.25. The maximum atomic E-state index is 13.9. The Bertz CT molecular complexity index is 1080. The summed E-state index contributed by atoms with van der Waals surface area (Å²) >= 11 is 5.94. The van der Waals surface area contributed by atoms with Gasteiger partial charge in [0.15, 0.2) is 6.04 Å². The second-order valence-corrected chi connectivity index (χ2v) is 11.0. The van der Waals surface area contributed by atoms with Gasteiger partial charge in [-0.1, -0.05) is 17.7 Å². The third-order valence-corrected chi connectivity index (χ3v) is 8.44. The van der Waals surface area contributed by atoms with Gasteiger partial charge in [-0.3, -0.25) is 9.69 Å². The Kier molecular flexibility index (Phi) is 7.06. The highest BCUT2D eigenvalue weighted by atomic mass is 35.5. The molecule has 2 amide bonds. The Hall–Kier alpha value is -2.50. The number of rotatable bonds is 4. The van der Waals surface area contributed by atoms with E-state index in [0.29, 0.717) is 37.4 Å². The van der Waals surface area contributed by atoms with E-state index < -0.39 is 23.8 Å². The van der Waals surface area contributed by atoms with Gasteiger partial charge in [-0.2, -0.15) is 13.2 Å². The van der Waals surface area contributed by atoms with E-state index in [0.717, 1.165) is 50.2 Å². The largest absolute Gasteiger partial charge is 0.480 e. The fraction of sp³-hybridized carbons (Fsp3) is 0.600. The topological polar surface area (TPSA) is 79.4 Å². The van der Waals surface area contributed by atoms with Crippen molar-refractivity contribution in [3.05, 3.63) is 40.6 Å². The van der Waals surface area contributed by atoms with Crippen LogP contribution in [0.1, 0.15) is 43.2 Å². The Morgan fingerprint density at radius 1 is 1.08 bits per heavy atom. The average molecular weight is 542 g/mol. The van der Waals surface area contributed by atoms with Gasteiger partial charge in [0.25, 0.3) is 0 Å². The summed E-state index contributed by atoms with van der Waals surface area (Å²) in [5, 5.41) is 10.3. The van der Waals surface area contributed by atoms with Gasteiger partial charge in [0.1, 0.15) is 0 Å². The van der Waals surface area contributed by atoms with Crippen LogP contribution in [0.3, 0.4) is 0 Å². The molecule has 4 aliphatic heterocycles. The van der Waals surface area contributed by atoms with E-state index in [2.05, 4.69) is 10.3 Å². The molecule has 1 unspecified atom stereocenters. The van der Waals surface area contributed by atoms with E-state index in [4.69, 9.17) is 11.6 Å². The van der Waals surface area contributed by atoms with Crippen molar-refractivity contribution < 1.29 is 27.9 Å². The van der Waals surface area contributed by atoms with Gasteiger partial charge < -0.3 is 14.9 Å². The minimum Gasteiger partial charge on any atom is -0.480 e. The van der Waals surface area contributed by atoms with Crippen molar-refractivity contribution in [1.82, 2.24) is 20.2 Å². The molecule has 0 radical (unpaired) electrons. The van der Waals surface area contributed by atoms with E-state index in [1.54, 1.807) is 11.0 Å². The first-order valence-electron chi connectivity index (χ1n) is 12.7. The third kappa shape index (κ3) is 5.39. The number of urea groups is 1. The van der Waals surface area contributed by atoms with E-state index in [1.165, 1.54) is 12.3 Å². The normalized spacial score (nSPS) is 24.3. The lowest BCUT2D eigenvalue weighted by Crippen LogP contribution is -2.52. The number of nitrogens with one attached hydrogen (secondary N) is 1. The fourth-order valence-electron chi connectivity index (χ4n) is 5.99. The van der Waals surface area contributed by atoms with Crippen molar-refractivity contribution >= 4 is 29.3 Å². The molecule has 3 saturated heterocycles. The third-order valence-electron chi connectivity index (χ3n) is 8.13. The highest BCUT2D eigenvalue weighted by Gasteiger charge is 2.43. The van der Waals surface area contributed by atoms with Crippen LogP contribution in [0.5, 0.6) is 0 Å². The molecule has 37 heavy (non-hydrogen) atoms. The molecular weight excluding hydrogens is 511 g/mol. The van der Waals surface area contributed by atoms with Crippen molar-refractivity contribution in [2.45, 2.75) is 50.9 Å². The summed E-state index contributed by atoms with van der Waals surface area (Å²) in [5.41, 5.74) is 2.94. The summed E-state index contributed by atoms with van der Waals surface area (Å²) in [5.74, 6) is -1.17. The lowest BCUT2D eigenvalue weighted by molar-refractivity contribution is -0.139. The molecular formula is C25H31ClF3N5O3. The number of amides is 2. The number of carbonyl (C=O) groups excluding carboxylic acids is 1. The Morgan fingerprint density at radius 3 is 2.38 bits per heavy atom. The lowest BCUT2D eigenvalue weighted by Gasteiger charge is -2.40. The monoisotopic (exact) mass is 541 g/mol. The van der Waals surface area contributed by atoms with Crippen LogP contribution >= 0.6 is 11.6 Å². The predicted octanol–water partition coefficient (Wildman–Crippen LogP) is 4.07. The summed E-state index contributed by atoms with van der Waals surface area (Å²) in [6.45, 7) is 4.22. The number of carboxylic acid groups (broad SMARTS) is 1. The first-order chi connectivity index (χ1) is 17.5. The molecule has 0 saturated carbocycles. The van der Waals surface area contributed by atoms with Crippen LogP contribution in [-0.2, 0) is 17.5 Å². The lowest BCUT2D eigenvalue weighted by atomic mass is 9.78. The maximum Gasteiger partial charge on any atom is 0.416 e. The zero-order chi connectivity index (χ0) is 26.4. The molecule has 1 atom stereocenters. The number of benzene rings is 1. The fourth-order valence-corrected chi connectivity index (χ4v) is 6.23. The van der Waals surface area contributed by atoms with Crippen LogP contribution in [0.15, 0.2) is 29.4 Å². The van der Waals surface area contributed by atoms with Crippen molar-refractivity contribution in [3.8, 4) is 0 Å². The van der Waals surface area contributed by atoms with Gasteiger partial charge >= 0.3 is 18.2 Å². The molecule has 4 heterocycles. The molecule has 3 fully saturated rings. The second-order valence-electron chi connectivity index (χ2n) is 10.5. The van der Waals surface area contributed by atoms with Gasteiger partial charge in [-0.15, -0.1) is 0 Å². The molecule has 4 aliphatic rings. The van der Waals surface area contributed by atoms with Crippen molar-refractivity contribution in [2.24, 2.45) is 5.41 Å². The standard InChI is InChI=1S/C25H31ClF3N5O3/c26-20-15-34(30-21(20)22(35)36)23(37)33-11-6-24(7-12-33)5-10-31(16-24)14-17-3-4-18(32-8-1-2-9-32)13-19(17)25(27,28)29/h3-4,13,15,21,30H,1-2,5-12,14,16H2,(H,35,36). The van der Waals surface area contributed by atoms with E-state index in [9.17, 15) is 27.9 Å². The Balaban J connectivity index is 1.19. The average Bonchev–Trinajstić information content (AvgIpc) is 3.60. The van der Waals surface area contributed by atoms with Crippen molar-refractivity contribution in [3.63, 3.8) is 0 Å². The molecule has 1 aromatic carbocycles. The molecule has 5 rings (SSSR count). The number of hydrogen-bond acceptors (Lipinski definition) is 5. The van der Waals surface area contributed by atoms with Gasteiger partial charge in [-0.25, -0.2) is 15.2 Å². The van der Waals surface area contributed by atoms with Gasteiger partial charge in [0.05, 0.1) is 10.6 Å². The number of anilines is 1. The molecule has 1 aromatic rings. The number of aliphatic carboxylic acids is 1. The number of hydrazine groups is 1. The number of carbonyl (C=O) groups is 2. The number of carboxylic acids is 1. The van der Waals surface area contributed by atoms with Crippen molar-refractivity contribution in [1.29, 1.82) is 0 Å². The summed E-state index contributed by atoms with van der Waals surface area (Å²) in [6.07, 6.45) is 1.24. The number of hydrogen-bond donors (Lipinski definition) is 2. The molecule has 1 spiro atoms. The number of nitrogens with zero attached hydrogens (tertiary/aromatic N) is 4. The molecule has 0 aliphatic carbocycles. The van der Waals surface area contributed by atoms with Gasteiger partial charge in [-0.05, 0) is 61.8 Å². The number of piperidine rings is 1. The Labute approximate surface area is 218 Å². The number of likely N-dealkylation sites (tertiary alicyclic amines) is 2. The highest BCUT2D eigenvalue weighted by molar-refractivity contribution is 6.32. The van der Waals surface area contributed by atoms with Crippen LogP contribution in [0.2, 0.25) is 0 Å². The van der Waals surface area contributed by atoms with Crippen LogP contribution < -0.4 is 10.3 Å². The SMILES string of the molecule is O=C(O)C1NN(C(=O)N2CCC3(CCN(Cc4ccc(N5CCCC5)cc4C(F)(F)F)C3)CC2)C=C1Cl. The summed E-state index contributed by atoms with van der Waals surface area (Å²) < 4.78 is 41.8. The van der Waals surface area contributed by atoms with Gasteiger partial charge in [0.2, 0.25) is 0 Å². The van der Waals surface area contributed by atoms with Crippen LogP contribution in [-0.4, -0.2) is 77.2 Å². The number of alkyl halides is 3. The highest BCUT2D eigenvalue weighted by Crippen LogP contribution is 2.42. The zero-order valence-electron chi connectivity index (χ0n) is 20.4. The minimum atomic E-state index is -4.41. The quantitative estimate of drug-likeness (QED) is 0.598. The first kappa shape index (κ1) is 26.1. The molecule has 8 nitrogen and oxygen atoms in total. The second kappa shape index (κ2) is 9.99. The summed E-state index contributed by atoms with van der Waals surface area (Å²) in [4.78, 5) is 29.9. The van der Waals surface area contributed by atoms with E-state index in [-0.39, 0.29) is 23.0 Å². The van der Waals surface area contributed by atoms with Crippen molar-refractivity contribution in [2.75, 3.05) is 44.2 Å². The van der Waals surface area contributed by atoms with Crippen LogP contribution in [0, 0.1) is 5.41 Å². The van der Waals surface area contributed by atoms with E-state index in [1.807, 2.05) is 11.0 Å². The molecule has 0 bridgehead atoms. The van der Waals surface area contributed by atoms with Crippen LogP contribution in [0.4, 0.5) is 23.7 Å². The zero-order valence-corrected chi connectivity index (χ0v) is 21.2. The van der Waals surface area contributed by atoms with Crippen LogP contribution in [0.25, 0.3) is 0 Å². The molecule has 12 heteroatoms. The summed E-state index contributed by atoms with van der Waals surface area (Å²) in [7, 11) is 0. The predicted molar refractivity (Wildman–Crippen MR) is 132 cm³/mol. The van der Waals surface area contributed by atoms with Gasteiger partial charge in [0, 0.05) is 51.2 Å².